The van der Waals surface area contributed by atoms with Gasteiger partial charge in [-0.25, -0.2) is 9.97 Å². The number of nitrogens with one attached hydrogen (secondary N) is 1. The quantitative estimate of drug-likeness (QED) is 0.636. The van der Waals surface area contributed by atoms with Crippen LogP contribution in [-0.4, -0.2) is 56.2 Å². The predicted molar refractivity (Wildman–Crippen MR) is 124 cm³/mol. The third kappa shape index (κ3) is 4.24. The van der Waals surface area contributed by atoms with Crippen molar-refractivity contribution in [3.63, 3.8) is 0 Å². The van der Waals surface area contributed by atoms with Gasteiger partial charge < -0.3 is 14.8 Å². The second-order valence-electron chi connectivity index (χ2n) is 8.34. The van der Waals surface area contributed by atoms with Crippen molar-refractivity contribution >= 4 is 22.7 Å². The van der Waals surface area contributed by atoms with Gasteiger partial charge in [-0.1, -0.05) is 18.2 Å². The molecule has 3 heterocycles. The molecule has 2 aromatic heterocycles. The summed E-state index contributed by atoms with van der Waals surface area (Å²) in [6, 6.07) is 7.88. The minimum atomic E-state index is -0.155. The Morgan fingerprint density at radius 3 is 2.72 bits per heavy atom. The molecule has 0 unspecified atom stereocenters. The number of carbonyl (C=O) groups excluding carboxylic acids is 2. The topological polar surface area (TPSA) is 82.2 Å². The molecule has 0 radical (unpaired) electrons. The third-order valence-corrected chi connectivity index (χ3v) is 6.42. The van der Waals surface area contributed by atoms with Gasteiger partial charge in [-0.05, 0) is 51.7 Å². The lowest BCUT2D eigenvalue weighted by atomic mass is 9.99. The van der Waals surface area contributed by atoms with Crippen LogP contribution in [0.1, 0.15) is 66.6 Å². The number of likely N-dealkylation sites (tertiary alicyclic amines) is 1. The van der Waals surface area contributed by atoms with E-state index in [1.54, 1.807) is 11.1 Å². The van der Waals surface area contributed by atoms with E-state index in [-0.39, 0.29) is 17.9 Å². The van der Waals surface area contributed by atoms with Gasteiger partial charge in [0.25, 0.3) is 5.91 Å². The average molecular weight is 434 g/mol. The lowest BCUT2D eigenvalue weighted by Crippen LogP contribution is -2.40. The predicted octanol–water partition coefficient (Wildman–Crippen LogP) is 4.04. The van der Waals surface area contributed by atoms with E-state index in [0.29, 0.717) is 43.1 Å². The smallest absolute Gasteiger partial charge is 0.257 e. The number of aromatic nitrogens is 3. The normalized spacial score (nSPS) is 16.3. The van der Waals surface area contributed by atoms with Crippen LogP contribution in [-0.2, 0) is 11.2 Å². The van der Waals surface area contributed by atoms with E-state index < -0.39 is 0 Å². The molecule has 7 nitrogen and oxygen atoms in total. The Morgan fingerprint density at radius 2 is 1.97 bits per heavy atom. The van der Waals surface area contributed by atoms with Crippen LogP contribution < -0.4 is 0 Å². The number of amides is 2. The van der Waals surface area contributed by atoms with Gasteiger partial charge in [-0.15, -0.1) is 0 Å². The Bertz CT molecular complexity index is 1120. The fraction of sp³-hybridized carbons (Fsp3) is 0.440. The number of piperidine rings is 1. The molecule has 168 valence electrons. The zero-order valence-electron chi connectivity index (χ0n) is 19.1. The first kappa shape index (κ1) is 22.0. The van der Waals surface area contributed by atoms with Gasteiger partial charge in [0, 0.05) is 42.9 Å². The summed E-state index contributed by atoms with van der Waals surface area (Å²) in [5.74, 6) is 0.671. The van der Waals surface area contributed by atoms with Gasteiger partial charge in [0.1, 0.15) is 0 Å². The first-order valence-electron chi connectivity index (χ1n) is 11.5. The molecule has 0 bridgehead atoms. The fourth-order valence-corrected chi connectivity index (χ4v) is 4.58. The summed E-state index contributed by atoms with van der Waals surface area (Å²) in [5, 5.41) is 1.08. The first-order chi connectivity index (χ1) is 15.5. The van der Waals surface area contributed by atoms with Gasteiger partial charge in [-0.2, -0.15) is 0 Å². The van der Waals surface area contributed by atoms with Crippen molar-refractivity contribution < 1.29 is 9.59 Å². The fourth-order valence-electron chi connectivity index (χ4n) is 4.58. The summed E-state index contributed by atoms with van der Waals surface area (Å²) >= 11 is 0. The molecule has 0 saturated carbocycles. The third-order valence-electron chi connectivity index (χ3n) is 6.42. The molecule has 0 aliphatic carbocycles. The molecule has 0 spiro atoms. The number of hydrogen-bond donors (Lipinski definition) is 1. The monoisotopic (exact) mass is 433 g/mol. The highest BCUT2D eigenvalue weighted by Gasteiger charge is 2.31. The molecule has 1 aliphatic heterocycles. The standard InChI is InChI=1S/C25H31N5O2/c1-4-29(5-2)25(32)20-16-27-24(28-17(20)3)22-12-8-9-13-30(22)23(31)14-18-15-26-21-11-7-6-10-19(18)21/h6-7,10-11,15-16,22,26H,4-5,8-9,12-14H2,1-3H3/t22-/m0/s1. The van der Waals surface area contributed by atoms with Crippen LogP contribution in [0, 0.1) is 6.92 Å². The lowest BCUT2D eigenvalue weighted by molar-refractivity contribution is -0.134. The number of benzene rings is 1. The van der Waals surface area contributed by atoms with Gasteiger partial charge in [0.05, 0.1) is 23.7 Å². The number of fused-ring (bicyclic) bond motifs is 1. The summed E-state index contributed by atoms with van der Waals surface area (Å²) in [5.41, 5.74) is 3.25. The molecule has 4 rings (SSSR count). The van der Waals surface area contributed by atoms with Crippen molar-refractivity contribution in [3.05, 3.63) is 59.3 Å². The number of rotatable bonds is 6. The van der Waals surface area contributed by atoms with E-state index >= 15 is 0 Å². The molecular weight excluding hydrogens is 402 g/mol. The van der Waals surface area contributed by atoms with Crippen molar-refractivity contribution in [2.45, 2.75) is 52.5 Å². The minimum absolute atomic E-state index is 0.0463. The Morgan fingerprint density at radius 1 is 1.19 bits per heavy atom. The molecular formula is C25H31N5O2. The number of carbonyl (C=O) groups is 2. The zero-order chi connectivity index (χ0) is 22.7. The van der Waals surface area contributed by atoms with Crippen LogP contribution in [0.15, 0.2) is 36.7 Å². The highest BCUT2D eigenvalue weighted by molar-refractivity contribution is 5.95. The number of hydrogen-bond acceptors (Lipinski definition) is 4. The van der Waals surface area contributed by atoms with E-state index in [0.717, 1.165) is 35.7 Å². The van der Waals surface area contributed by atoms with E-state index in [4.69, 9.17) is 0 Å². The Balaban J connectivity index is 1.56. The molecule has 1 fully saturated rings. The average Bonchev–Trinajstić information content (AvgIpc) is 3.22. The van der Waals surface area contributed by atoms with Crippen LogP contribution in [0.2, 0.25) is 0 Å². The largest absolute Gasteiger partial charge is 0.361 e. The second-order valence-corrected chi connectivity index (χ2v) is 8.34. The van der Waals surface area contributed by atoms with Crippen molar-refractivity contribution in [3.8, 4) is 0 Å². The number of para-hydroxylation sites is 1. The molecule has 1 N–H and O–H groups in total. The molecule has 7 heteroatoms. The van der Waals surface area contributed by atoms with E-state index in [9.17, 15) is 9.59 Å². The highest BCUT2D eigenvalue weighted by atomic mass is 16.2. The second kappa shape index (κ2) is 9.51. The lowest BCUT2D eigenvalue weighted by Gasteiger charge is -2.35. The summed E-state index contributed by atoms with van der Waals surface area (Å²) in [4.78, 5) is 42.3. The number of nitrogens with zero attached hydrogens (tertiary/aromatic N) is 4. The van der Waals surface area contributed by atoms with Crippen molar-refractivity contribution in [2.24, 2.45) is 0 Å². The Hall–Kier alpha value is -3.22. The zero-order valence-corrected chi connectivity index (χ0v) is 19.1. The van der Waals surface area contributed by atoms with Gasteiger partial charge in [0.2, 0.25) is 5.91 Å². The van der Waals surface area contributed by atoms with Crippen LogP contribution in [0.5, 0.6) is 0 Å². The minimum Gasteiger partial charge on any atom is -0.361 e. The maximum absolute atomic E-state index is 13.3. The van der Waals surface area contributed by atoms with E-state index in [1.807, 2.05) is 56.1 Å². The first-order valence-corrected chi connectivity index (χ1v) is 11.5. The molecule has 3 aromatic rings. The molecule has 1 saturated heterocycles. The van der Waals surface area contributed by atoms with Gasteiger partial charge in [0.15, 0.2) is 5.82 Å². The molecule has 1 atom stereocenters. The maximum atomic E-state index is 13.3. The summed E-state index contributed by atoms with van der Waals surface area (Å²) in [6.45, 7) is 7.78. The Kier molecular flexibility index (Phi) is 6.53. The number of aromatic amines is 1. The maximum Gasteiger partial charge on any atom is 0.257 e. The summed E-state index contributed by atoms with van der Waals surface area (Å²) < 4.78 is 0. The summed E-state index contributed by atoms with van der Waals surface area (Å²) in [7, 11) is 0. The van der Waals surface area contributed by atoms with Crippen molar-refractivity contribution in [2.75, 3.05) is 19.6 Å². The van der Waals surface area contributed by atoms with Crippen LogP contribution >= 0.6 is 0 Å². The molecule has 1 aromatic carbocycles. The van der Waals surface area contributed by atoms with Crippen molar-refractivity contribution in [1.82, 2.24) is 24.8 Å². The summed E-state index contributed by atoms with van der Waals surface area (Å²) in [6.07, 6.45) is 6.75. The van der Waals surface area contributed by atoms with Crippen molar-refractivity contribution in [1.29, 1.82) is 0 Å². The van der Waals surface area contributed by atoms with Gasteiger partial charge in [-0.3, -0.25) is 9.59 Å². The van der Waals surface area contributed by atoms with E-state index in [2.05, 4.69) is 15.0 Å². The van der Waals surface area contributed by atoms with Crippen LogP contribution in [0.25, 0.3) is 10.9 Å². The molecule has 2 amide bonds. The number of aryl methyl sites for hydroxylation is 1. The number of H-pyrrole nitrogens is 1. The highest BCUT2D eigenvalue weighted by Crippen LogP contribution is 2.30. The van der Waals surface area contributed by atoms with Crippen LogP contribution in [0.3, 0.4) is 0 Å². The Labute approximate surface area is 188 Å². The SMILES string of the molecule is CCN(CC)C(=O)c1cnc([C@@H]2CCCCN2C(=O)Cc2c[nH]c3ccccc23)nc1C. The van der Waals surface area contributed by atoms with E-state index in [1.165, 1.54) is 0 Å². The molecule has 32 heavy (non-hydrogen) atoms. The van der Waals surface area contributed by atoms with Gasteiger partial charge >= 0.3 is 0 Å². The molecule has 1 aliphatic rings. The van der Waals surface area contributed by atoms with Crippen LogP contribution in [0.4, 0.5) is 0 Å².